The highest BCUT2D eigenvalue weighted by molar-refractivity contribution is 5.94. The zero-order chi connectivity index (χ0) is 14.7. The van der Waals surface area contributed by atoms with E-state index in [2.05, 4.69) is 0 Å². The van der Waals surface area contributed by atoms with Gasteiger partial charge in [0.25, 0.3) is 5.69 Å². The summed E-state index contributed by atoms with van der Waals surface area (Å²) >= 11 is 0. The first-order valence-electron chi connectivity index (χ1n) is 6.09. The first kappa shape index (κ1) is 14.1. The number of aliphatic hydroxyl groups excluding tert-OH is 1. The molecule has 1 aromatic carbocycles. The third kappa shape index (κ3) is 2.64. The molecule has 8 nitrogen and oxygen atoms in total. The maximum Gasteiger partial charge on any atom is 0.414 e. The van der Waals surface area contributed by atoms with Crippen LogP contribution in [0.15, 0.2) is 18.2 Å². The van der Waals surface area contributed by atoms with Crippen LogP contribution in [0.3, 0.4) is 0 Å². The van der Waals surface area contributed by atoms with E-state index < -0.39 is 11.0 Å². The Morgan fingerprint density at radius 2 is 2.30 bits per heavy atom. The van der Waals surface area contributed by atoms with Crippen molar-refractivity contribution in [1.82, 2.24) is 0 Å². The second-order valence-corrected chi connectivity index (χ2v) is 4.34. The Hall–Kier alpha value is -2.35. The van der Waals surface area contributed by atoms with Crippen LogP contribution in [0.5, 0.6) is 0 Å². The van der Waals surface area contributed by atoms with Gasteiger partial charge in [-0.2, -0.15) is 0 Å². The molecule has 108 valence electrons. The van der Waals surface area contributed by atoms with Crippen LogP contribution in [-0.4, -0.2) is 49.5 Å². The normalized spacial score (nSPS) is 14.3. The molecule has 0 saturated carbocycles. The second-order valence-electron chi connectivity index (χ2n) is 4.34. The van der Waals surface area contributed by atoms with Gasteiger partial charge in [-0.05, 0) is 6.07 Å². The number of hydrogen-bond donors (Lipinski definition) is 1. The molecule has 0 radical (unpaired) electrons. The third-order valence-corrected chi connectivity index (χ3v) is 3.07. The number of carbonyl (C=O) groups excluding carboxylic acids is 1. The van der Waals surface area contributed by atoms with Gasteiger partial charge in [-0.1, -0.05) is 0 Å². The van der Waals surface area contributed by atoms with E-state index in [9.17, 15) is 14.9 Å². The molecule has 1 heterocycles. The van der Waals surface area contributed by atoms with Crippen LogP contribution in [0.25, 0.3) is 0 Å². The number of hydrogen-bond acceptors (Lipinski definition) is 6. The zero-order valence-corrected chi connectivity index (χ0v) is 11.0. The highest BCUT2D eigenvalue weighted by atomic mass is 16.6. The van der Waals surface area contributed by atoms with Crippen LogP contribution in [0.1, 0.15) is 0 Å². The number of non-ortho nitro benzene ring substituents is 1. The third-order valence-electron chi connectivity index (χ3n) is 3.07. The molecule has 1 N–H and O–H groups in total. The number of likely N-dealkylation sites (N-methyl/N-ethyl adjacent to an activating group) is 1. The predicted octanol–water partition coefficient (Wildman–Crippen LogP) is 0.980. The molecule has 20 heavy (non-hydrogen) atoms. The molecule has 2 rings (SSSR count). The number of amides is 1. The number of aliphatic hydroxyl groups is 1. The first-order valence-corrected chi connectivity index (χ1v) is 6.09. The number of benzene rings is 1. The number of ether oxygens (including phenoxy) is 1. The molecule has 0 bridgehead atoms. The minimum Gasteiger partial charge on any atom is -0.447 e. The Kier molecular flexibility index (Phi) is 4.04. The number of nitro benzene ring substituents is 1. The average Bonchev–Trinajstić information content (AvgIpc) is 2.84. The topological polar surface area (TPSA) is 96.2 Å². The summed E-state index contributed by atoms with van der Waals surface area (Å²) < 4.78 is 4.86. The molecule has 1 amide bonds. The van der Waals surface area contributed by atoms with Crippen molar-refractivity contribution in [2.45, 2.75) is 0 Å². The van der Waals surface area contributed by atoms with Gasteiger partial charge in [0.15, 0.2) is 0 Å². The van der Waals surface area contributed by atoms with Crippen LogP contribution in [0.2, 0.25) is 0 Å². The van der Waals surface area contributed by atoms with E-state index in [-0.39, 0.29) is 18.9 Å². The lowest BCUT2D eigenvalue weighted by Gasteiger charge is -2.24. The Balaban J connectivity index is 2.45. The van der Waals surface area contributed by atoms with Crippen molar-refractivity contribution in [3.63, 3.8) is 0 Å². The van der Waals surface area contributed by atoms with Crippen molar-refractivity contribution in [1.29, 1.82) is 0 Å². The van der Waals surface area contributed by atoms with Crippen molar-refractivity contribution in [3.05, 3.63) is 28.3 Å². The fourth-order valence-corrected chi connectivity index (χ4v) is 2.05. The summed E-state index contributed by atoms with van der Waals surface area (Å²) in [5.74, 6) is 0. The minimum atomic E-state index is -0.524. The SMILES string of the molecule is CN(CCO)c1ccc([N+](=O)[O-])cc1N1CCOC1=O. The summed E-state index contributed by atoms with van der Waals surface area (Å²) in [6.07, 6.45) is -0.524. The maximum absolute atomic E-state index is 11.7. The lowest BCUT2D eigenvalue weighted by atomic mass is 10.2. The number of rotatable bonds is 5. The van der Waals surface area contributed by atoms with E-state index in [1.165, 1.54) is 17.0 Å². The molecule has 1 aromatic rings. The molecule has 0 aliphatic carbocycles. The number of nitrogens with zero attached hydrogens (tertiary/aromatic N) is 3. The summed E-state index contributed by atoms with van der Waals surface area (Å²) in [5.41, 5.74) is 0.946. The lowest BCUT2D eigenvalue weighted by molar-refractivity contribution is -0.384. The standard InChI is InChI=1S/C12H15N3O5/c1-13(4-6-16)10-3-2-9(15(18)19)8-11(10)14-5-7-20-12(14)17/h2-3,8,16H,4-7H2,1H3. The van der Waals surface area contributed by atoms with Gasteiger partial charge in [0.05, 0.1) is 29.4 Å². The Morgan fingerprint density at radius 1 is 1.55 bits per heavy atom. The van der Waals surface area contributed by atoms with Gasteiger partial charge in [0, 0.05) is 25.7 Å². The summed E-state index contributed by atoms with van der Waals surface area (Å²) in [4.78, 5) is 25.1. The highest BCUT2D eigenvalue weighted by Gasteiger charge is 2.28. The molecule has 1 aliphatic heterocycles. The molecule has 0 unspecified atom stereocenters. The van der Waals surface area contributed by atoms with Gasteiger partial charge in [-0.25, -0.2) is 4.79 Å². The molecule has 1 saturated heterocycles. The van der Waals surface area contributed by atoms with Crippen molar-refractivity contribution in [3.8, 4) is 0 Å². The molecule has 0 spiro atoms. The molecule has 1 fully saturated rings. The number of carbonyl (C=O) groups is 1. The Labute approximate surface area is 115 Å². The summed E-state index contributed by atoms with van der Waals surface area (Å²) in [6, 6.07) is 4.28. The lowest BCUT2D eigenvalue weighted by Crippen LogP contribution is -2.28. The van der Waals surface area contributed by atoms with Gasteiger partial charge in [0.2, 0.25) is 0 Å². The van der Waals surface area contributed by atoms with Gasteiger partial charge < -0.3 is 14.7 Å². The van der Waals surface area contributed by atoms with E-state index >= 15 is 0 Å². The van der Waals surface area contributed by atoms with Gasteiger partial charge in [-0.15, -0.1) is 0 Å². The van der Waals surface area contributed by atoms with E-state index in [4.69, 9.17) is 9.84 Å². The van der Waals surface area contributed by atoms with Gasteiger partial charge in [0.1, 0.15) is 6.61 Å². The monoisotopic (exact) mass is 281 g/mol. The largest absolute Gasteiger partial charge is 0.447 e. The smallest absolute Gasteiger partial charge is 0.414 e. The van der Waals surface area contributed by atoms with Gasteiger partial charge >= 0.3 is 6.09 Å². The Morgan fingerprint density at radius 3 is 2.85 bits per heavy atom. The Bertz CT molecular complexity index is 534. The fraction of sp³-hybridized carbons (Fsp3) is 0.417. The van der Waals surface area contributed by atoms with Crippen molar-refractivity contribution < 1.29 is 19.6 Å². The van der Waals surface area contributed by atoms with Crippen LogP contribution in [-0.2, 0) is 4.74 Å². The van der Waals surface area contributed by atoms with E-state index in [1.54, 1.807) is 18.0 Å². The van der Waals surface area contributed by atoms with Crippen molar-refractivity contribution >= 4 is 23.2 Å². The highest BCUT2D eigenvalue weighted by Crippen LogP contribution is 2.34. The van der Waals surface area contributed by atoms with E-state index in [0.717, 1.165) is 0 Å². The first-order chi connectivity index (χ1) is 9.54. The van der Waals surface area contributed by atoms with E-state index in [1.807, 2.05) is 0 Å². The van der Waals surface area contributed by atoms with Gasteiger partial charge in [-0.3, -0.25) is 15.0 Å². The number of cyclic esters (lactones) is 1. The van der Waals surface area contributed by atoms with Crippen molar-refractivity contribution in [2.75, 3.05) is 43.2 Å². The predicted molar refractivity (Wildman–Crippen MR) is 72.1 cm³/mol. The molecule has 0 aromatic heterocycles. The van der Waals surface area contributed by atoms with Crippen LogP contribution in [0, 0.1) is 10.1 Å². The van der Waals surface area contributed by atoms with E-state index in [0.29, 0.717) is 24.5 Å². The molecular weight excluding hydrogens is 266 g/mol. The molecule has 1 aliphatic rings. The minimum absolute atomic E-state index is 0.0582. The van der Waals surface area contributed by atoms with Crippen molar-refractivity contribution in [2.24, 2.45) is 0 Å². The molecule has 0 atom stereocenters. The number of nitro groups is 1. The molecular formula is C12H15N3O5. The number of anilines is 2. The second kappa shape index (κ2) is 5.74. The average molecular weight is 281 g/mol. The summed E-state index contributed by atoms with van der Waals surface area (Å²) in [5, 5.41) is 19.9. The summed E-state index contributed by atoms with van der Waals surface area (Å²) in [6.45, 7) is 0.899. The van der Waals surface area contributed by atoms with Crippen LogP contribution >= 0.6 is 0 Å². The van der Waals surface area contributed by atoms with Crippen LogP contribution < -0.4 is 9.80 Å². The summed E-state index contributed by atoms with van der Waals surface area (Å²) in [7, 11) is 1.74. The maximum atomic E-state index is 11.7. The molecule has 8 heteroatoms. The zero-order valence-electron chi connectivity index (χ0n) is 11.0. The quantitative estimate of drug-likeness (QED) is 0.638. The van der Waals surface area contributed by atoms with Crippen LogP contribution in [0.4, 0.5) is 21.9 Å². The fourth-order valence-electron chi connectivity index (χ4n) is 2.05.